The van der Waals surface area contributed by atoms with Crippen LogP contribution in [0.2, 0.25) is 0 Å². The number of rotatable bonds is 2. The van der Waals surface area contributed by atoms with Gasteiger partial charge in [-0.3, -0.25) is 0 Å². The first-order valence-electron chi connectivity index (χ1n) is 5.97. The van der Waals surface area contributed by atoms with Gasteiger partial charge in [-0.1, -0.05) is 36.4 Å². The Hall–Kier alpha value is -1.76. The van der Waals surface area contributed by atoms with Gasteiger partial charge >= 0.3 is 0 Å². The lowest BCUT2D eigenvalue weighted by Crippen LogP contribution is -2.09. The topological polar surface area (TPSA) is 3.24 Å². The fourth-order valence-electron chi connectivity index (χ4n) is 2.18. The predicted molar refractivity (Wildman–Crippen MR) is 77.6 cm³/mol. The van der Waals surface area contributed by atoms with Crippen molar-refractivity contribution in [2.75, 3.05) is 19.0 Å². The summed E-state index contributed by atoms with van der Waals surface area (Å²) in [7, 11) is 4.19. The van der Waals surface area contributed by atoms with Crippen molar-refractivity contribution < 1.29 is 0 Å². The normalized spacial score (nSPS) is 11.9. The maximum Gasteiger partial charge on any atom is 0.0446 e. The first-order valence-corrected chi connectivity index (χ1v) is 5.97. The molecule has 0 spiro atoms. The van der Waals surface area contributed by atoms with Crippen molar-refractivity contribution in [1.29, 1.82) is 0 Å². The Balaban J connectivity index is 2.85. The van der Waals surface area contributed by atoms with E-state index in [1.54, 1.807) is 0 Å². The standard InChI is InChI=1S/C16H19N/c1-5-12(2)14-10-6-8-13-9-7-11-15(16(13)14)17(3)4/h5-11H,1-4H3. The van der Waals surface area contributed by atoms with E-state index in [4.69, 9.17) is 0 Å². The van der Waals surface area contributed by atoms with E-state index in [1.165, 1.54) is 27.6 Å². The summed E-state index contributed by atoms with van der Waals surface area (Å²) in [5.74, 6) is 0. The van der Waals surface area contributed by atoms with Crippen LogP contribution in [0.5, 0.6) is 0 Å². The number of benzene rings is 2. The molecule has 0 fully saturated rings. The largest absolute Gasteiger partial charge is 0.377 e. The van der Waals surface area contributed by atoms with Crippen molar-refractivity contribution in [3.8, 4) is 0 Å². The van der Waals surface area contributed by atoms with Gasteiger partial charge in [0.25, 0.3) is 0 Å². The molecule has 0 atom stereocenters. The highest BCUT2D eigenvalue weighted by Crippen LogP contribution is 2.32. The molecule has 0 bridgehead atoms. The van der Waals surface area contributed by atoms with Crippen LogP contribution < -0.4 is 4.90 Å². The summed E-state index contributed by atoms with van der Waals surface area (Å²) in [5, 5.41) is 2.64. The Kier molecular flexibility index (Phi) is 3.19. The van der Waals surface area contributed by atoms with E-state index in [-0.39, 0.29) is 0 Å². The van der Waals surface area contributed by atoms with Crippen LogP contribution >= 0.6 is 0 Å². The molecule has 0 aromatic heterocycles. The molecule has 1 heteroatoms. The summed E-state index contributed by atoms with van der Waals surface area (Å²) in [6.45, 7) is 4.26. The van der Waals surface area contributed by atoms with Gasteiger partial charge < -0.3 is 4.90 Å². The number of allylic oxidation sites excluding steroid dienone is 2. The maximum atomic E-state index is 2.20. The average molecular weight is 225 g/mol. The highest BCUT2D eigenvalue weighted by molar-refractivity contribution is 6.02. The number of hydrogen-bond acceptors (Lipinski definition) is 1. The van der Waals surface area contributed by atoms with E-state index < -0.39 is 0 Å². The van der Waals surface area contributed by atoms with Crippen molar-refractivity contribution in [3.63, 3.8) is 0 Å². The van der Waals surface area contributed by atoms with E-state index in [2.05, 4.69) is 75.3 Å². The van der Waals surface area contributed by atoms with Crippen LogP contribution in [-0.2, 0) is 0 Å². The minimum Gasteiger partial charge on any atom is -0.377 e. The zero-order valence-electron chi connectivity index (χ0n) is 11.0. The molecule has 0 saturated carbocycles. The van der Waals surface area contributed by atoms with Gasteiger partial charge in [0.2, 0.25) is 0 Å². The van der Waals surface area contributed by atoms with Crippen LogP contribution in [0, 0.1) is 0 Å². The molecule has 2 aromatic carbocycles. The first-order chi connectivity index (χ1) is 8.15. The predicted octanol–water partition coefficient (Wildman–Crippen LogP) is 4.33. The summed E-state index contributed by atoms with van der Waals surface area (Å²) >= 11 is 0. The summed E-state index contributed by atoms with van der Waals surface area (Å²) in [4.78, 5) is 2.18. The molecule has 1 nitrogen and oxygen atoms in total. The van der Waals surface area contributed by atoms with Gasteiger partial charge in [0.05, 0.1) is 0 Å². The van der Waals surface area contributed by atoms with E-state index in [0.717, 1.165) is 0 Å². The Morgan fingerprint density at radius 2 is 1.71 bits per heavy atom. The molecule has 2 rings (SSSR count). The second-order valence-electron chi connectivity index (χ2n) is 4.55. The highest BCUT2D eigenvalue weighted by Gasteiger charge is 2.08. The molecule has 0 N–H and O–H groups in total. The molecule has 0 amide bonds. The number of hydrogen-bond donors (Lipinski definition) is 0. The molecule has 88 valence electrons. The van der Waals surface area contributed by atoms with E-state index in [1.807, 2.05) is 0 Å². The maximum absolute atomic E-state index is 2.20. The van der Waals surface area contributed by atoms with Crippen LogP contribution in [-0.4, -0.2) is 14.1 Å². The first kappa shape index (κ1) is 11.7. The molecule has 17 heavy (non-hydrogen) atoms. The van der Waals surface area contributed by atoms with Crippen molar-refractivity contribution in [1.82, 2.24) is 0 Å². The summed E-state index contributed by atoms with van der Waals surface area (Å²) in [6, 6.07) is 13.0. The lowest BCUT2D eigenvalue weighted by molar-refractivity contribution is 1.14. The third-order valence-electron chi connectivity index (χ3n) is 3.22. The summed E-state index contributed by atoms with van der Waals surface area (Å²) in [6.07, 6.45) is 2.17. The fourth-order valence-corrected chi connectivity index (χ4v) is 2.18. The van der Waals surface area contributed by atoms with Gasteiger partial charge in [0, 0.05) is 25.2 Å². The van der Waals surface area contributed by atoms with Crippen LogP contribution in [0.1, 0.15) is 19.4 Å². The lowest BCUT2D eigenvalue weighted by atomic mass is 9.97. The fraction of sp³-hybridized carbons (Fsp3) is 0.250. The Bertz CT molecular complexity index is 559. The zero-order chi connectivity index (χ0) is 12.4. The van der Waals surface area contributed by atoms with E-state index >= 15 is 0 Å². The van der Waals surface area contributed by atoms with Crippen molar-refractivity contribution in [3.05, 3.63) is 48.0 Å². The van der Waals surface area contributed by atoms with Crippen molar-refractivity contribution in [2.45, 2.75) is 13.8 Å². The number of nitrogens with zero attached hydrogens (tertiary/aromatic N) is 1. The van der Waals surface area contributed by atoms with Gasteiger partial charge in [-0.25, -0.2) is 0 Å². The third-order valence-corrected chi connectivity index (χ3v) is 3.22. The molecule has 0 saturated heterocycles. The molecule has 0 heterocycles. The smallest absolute Gasteiger partial charge is 0.0446 e. The molecule has 0 unspecified atom stereocenters. The van der Waals surface area contributed by atoms with Gasteiger partial charge in [-0.05, 0) is 36.4 Å². The third kappa shape index (κ3) is 2.05. The second-order valence-corrected chi connectivity index (χ2v) is 4.55. The number of anilines is 1. The number of fused-ring (bicyclic) bond motifs is 1. The Morgan fingerprint density at radius 1 is 1.06 bits per heavy atom. The van der Waals surface area contributed by atoms with Gasteiger partial charge in [-0.15, -0.1) is 0 Å². The lowest BCUT2D eigenvalue weighted by Gasteiger charge is -2.18. The average Bonchev–Trinajstić information content (AvgIpc) is 2.36. The minimum atomic E-state index is 1.28. The van der Waals surface area contributed by atoms with Gasteiger partial charge in [0.1, 0.15) is 0 Å². The van der Waals surface area contributed by atoms with Crippen LogP contribution in [0.4, 0.5) is 5.69 Å². The van der Waals surface area contributed by atoms with Crippen molar-refractivity contribution in [2.24, 2.45) is 0 Å². The van der Waals surface area contributed by atoms with Crippen LogP contribution in [0.25, 0.3) is 16.3 Å². The quantitative estimate of drug-likeness (QED) is 0.735. The molecule has 0 aliphatic carbocycles. The van der Waals surface area contributed by atoms with Crippen LogP contribution in [0.15, 0.2) is 42.5 Å². The van der Waals surface area contributed by atoms with Gasteiger partial charge in [-0.2, -0.15) is 0 Å². The van der Waals surface area contributed by atoms with Crippen LogP contribution in [0.3, 0.4) is 0 Å². The van der Waals surface area contributed by atoms with E-state index in [0.29, 0.717) is 0 Å². The molecule has 0 aliphatic heterocycles. The summed E-state index contributed by atoms with van der Waals surface area (Å²) < 4.78 is 0. The molecule has 0 radical (unpaired) electrons. The zero-order valence-corrected chi connectivity index (χ0v) is 11.0. The SMILES string of the molecule is CC=C(C)c1cccc2cccc(N(C)C)c12. The molecule has 0 aliphatic rings. The molecular weight excluding hydrogens is 206 g/mol. The monoisotopic (exact) mass is 225 g/mol. The molecular formula is C16H19N. The van der Waals surface area contributed by atoms with Gasteiger partial charge in [0.15, 0.2) is 0 Å². The van der Waals surface area contributed by atoms with E-state index in [9.17, 15) is 0 Å². The Labute approximate surface area is 103 Å². The Morgan fingerprint density at radius 3 is 2.29 bits per heavy atom. The minimum absolute atomic E-state index is 1.28. The molecule has 2 aromatic rings. The van der Waals surface area contributed by atoms with Crippen molar-refractivity contribution >= 4 is 22.0 Å². The summed E-state index contributed by atoms with van der Waals surface area (Å²) in [5.41, 5.74) is 3.93. The second kappa shape index (κ2) is 4.62. The highest BCUT2D eigenvalue weighted by atomic mass is 15.1.